The molecule has 0 spiro atoms. The van der Waals surface area contributed by atoms with Gasteiger partial charge >= 0.3 is 0 Å². The molecule has 106 valence electrons. The summed E-state index contributed by atoms with van der Waals surface area (Å²) in [7, 11) is 0. The average molecular weight is 280 g/mol. The Hall–Kier alpha value is -0.530. The molecule has 0 heterocycles. The van der Waals surface area contributed by atoms with Crippen molar-refractivity contribution in [3.05, 3.63) is 34.3 Å². The van der Waals surface area contributed by atoms with E-state index in [0.717, 1.165) is 5.02 Å². The summed E-state index contributed by atoms with van der Waals surface area (Å²) in [5, 5.41) is 0.933. The van der Waals surface area contributed by atoms with Crippen LogP contribution in [0.3, 0.4) is 0 Å². The second kappa shape index (κ2) is 5.85. The van der Waals surface area contributed by atoms with Crippen LogP contribution in [0.15, 0.2) is 18.2 Å². The van der Waals surface area contributed by atoms with Gasteiger partial charge in [-0.05, 0) is 66.7 Å². The van der Waals surface area contributed by atoms with Gasteiger partial charge in [-0.25, -0.2) is 0 Å². The lowest BCUT2D eigenvalue weighted by molar-refractivity contribution is 0.224. The molecule has 19 heavy (non-hydrogen) atoms. The summed E-state index contributed by atoms with van der Waals surface area (Å²) >= 11 is 6.49. The van der Waals surface area contributed by atoms with Gasteiger partial charge in [0.25, 0.3) is 0 Å². The van der Waals surface area contributed by atoms with E-state index in [2.05, 4.69) is 39.0 Å². The lowest BCUT2D eigenvalue weighted by atomic mass is 9.71. The van der Waals surface area contributed by atoms with Crippen LogP contribution >= 0.6 is 11.6 Å². The van der Waals surface area contributed by atoms with Crippen LogP contribution in [0.4, 0.5) is 0 Å². The van der Waals surface area contributed by atoms with E-state index in [1.54, 1.807) is 0 Å². The molecule has 1 aromatic rings. The molecule has 1 aromatic carbocycles. The molecule has 0 saturated heterocycles. The second-order valence-corrected chi connectivity index (χ2v) is 7.26. The van der Waals surface area contributed by atoms with Crippen molar-refractivity contribution in [2.75, 3.05) is 6.54 Å². The predicted octanol–water partition coefficient (Wildman–Crippen LogP) is 5.09. The molecular formula is C17H26ClN. The zero-order valence-corrected chi connectivity index (χ0v) is 13.1. The van der Waals surface area contributed by atoms with Gasteiger partial charge < -0.3 is 5.73 Å². The minimum absolute atomic E-state index is 0.386. The van der Waals surface area contributed by atoms with E-state index in [9.17, 15) is 0 Å². The molecule has 1 aliphatic carbocycles. The molecule has 1 nitrogen and oxygen atoms in total. The van der Waals surface area contributed by atoms with Crippen LogP contribution in [0, 0.1) is 5.41 Å². The molecule has 1 saturated carbocycles. The number of nitrogens with two attached hydrogens (primary N) is 1. The molecule has 0 amide bonds. The van der Waals surface area contributed by atoms with E-state index in [4.69, 9.17) is 17.3 Å². The summed E-state index contributed by atoms with van der Waals surface area (Å²) in [6, 6.07) is 6.56. The lowest BCUT2D eigenvalue weighted by Crippen LogP contribution is -2.20. The Morgan fingerprint density at radius 3 is 2.47 bits per heavy atom. The third kappa shape index (κ3) is 3.52. The van der Waals surface area contributed by atoms with E-state index in [0.29, 0.717) is 23.8 Å². The van der Waals surface area contributed by atoms with E-state index < -0.39 is 0 Å². The van der Waals surface area contributed by atoms with E-state index >= 15 is 0 Å². The summed E-state index contributed by atoms with van der Waals surface area (Å²) in [5.41, 5.74) is 8.83. The van der Waals surface area contributed by atoms with Crippen molar-refractivity contribution in [1.82, 2.24) is 0 Å². The van der Waals surface area contributed by atoms with E-state index in [1.807, 2.05) is 0 Å². The number of halogens is 1. The molecule has 1 aliphatic rings. The van der Waals surface area contributed by atoms with Crippen LogP contribution in [0.5, 0.6) is 0 Å². The van der Waals surface area contributed by atoms with Gasteiger partial charge in [0.1, 0.15) is 0 Å². The first-order chi connectivity index (χ1) is 8.93. The molecule has 0 bridgehead atoms. The van der Waals surface area contributed by atoms with Crippen LogP contribution in [0.25, 0.3) is 0 Å². The largest absolute Gasteiger partial charge is 0.330 e. The van der Waals surface area contributed by atoms with Crippen molar-refractivity contribution in [2.24, 2.45) is 11.1 Å². The molecule has 2 rings (SSSR count). The number of hydrogen-bond donors (Lipinski definition) is 1. The Morgan fingerprint density at radius 2 is 1.95 bits per heavy atom. The summed E-state index contributed by atoms with van der Waals surface area (Å²) in [4.78, 5) is 0. The maximum atomic E-state index is 6.49. The third-order valence-corrected chi connectivity index (χ3v) is 5.05. The fourth-order valence-electron chi connectivity index (χ4n) is 3.03. The van der Waals surface area contributed by atoms with Crippen molar-refractivity contribution in [3.63, 3.8) is 0 Å². The topological polar surface area (TPSA) is 26.0 Å². The highest BCUT2D eigenvalue weighted by atomic mass is 35.5. The molecule has 0 aliphatic heterocycles. The van der Waals surface area contributed by atoms with Crippen LogP contribution < -0.4 is 5.73 Å². The Labute approximate surface area is 122 Å². The van der Waals surface area contributed by atoms with Crippen molar-refractivity contribution >= 4 is 11.6 Å². The normalized spacial score (nSPS) is 21.3. The second-order valence-electron chi connectivity index (χ2n) is 6.86. The molecule has 1 unspecified atom stereocenters. The SMILES string of the molecule is CC(CN)c1ccc(C2CCC(C)(C)CC2)c(Cl)c1. The number of hydrogen-bond acceptors (Lipinski definition) is 1. The maximum absolute atomic E-state index is 6.49. The molecule has 0 radical (unpaired) electrons. The molecular weight excluding hydrogens is 254 g/mol. The molecule has 2 N–H and O–H groups in total. The Kier molecular flexibility index (Phi) is 4.58. The van der Waals surface area contributed by atoms with E-state index in [1.165, 1.54) is 36.8 Å². The zero-order chi connectivity index (χ0) is 14.0. The fraction of sp³-hybridized carbons (Fsp3) is 0.647. The third-order valence-electron chi connectivity index (χ3n) is 4.73. The summed E-state index contributed by atoms with van der Waals surface area (Å²) in [6.07, 6.45) is 5.13. The highest BCUT2D eigenvalue weighted by molar-refractivity contribution is 6.31. The van der Waals surface area contributed by atoms with Crippen LogP contribution in [-0.2, 0) is 0 Å². The van der Waals surface area contributed by atoms with Crippen LogP contribution in [-0.4, -0.2) is 6.54 Å². The van der Waals surface area contributed by atoms with Crippen LogP contribution in [0.2, 0.25) is 5.02 Å². The summed E-state index contributed by atoms with van der Waals surface area (Å²) < 4.78 is 0. The van der Waals surface area contributed by atoms with Gasteiger partial charge in [-0.3, -0.25) is 0 Å². The first kappa shape index (κ1) is 14.9. The Morgan fingerprint density at radius 1 is 1.32 bits per heavy atom. The van der Waals surface area contributed by atoms with Gasteiger partial charge in [0.15, 0.2) is 0 Å². The monoisotopic (exact) mass is 279 g/mol. The first-order valence-electron chi connectivity index (χ1n) is 7.42. The standard InChI is InChI=1S/C17H26ClN/c1-12(11-19)14-4-5-15(16(18)10-14)13-6-8-17(2,3)9-7-13/h4-5,10,12-13H,6-9,11,19H2,1-3H3. The highest BCUT2D eigenvalue weighted by Crippen LogP contribution is 2.44. The molecule has 0 aromatic heterocycles. The van der Waals surface area contributed by atoms with Gasteiger partial charge in [0, 0.05) is 5.02 Å². The Bertz CT molecular complexity index is 429. The predicted molar refractivity (Wildman–Crippen MR) is 83.9 cm³/mol. The van der Waals surface area contributed by atoms with Crippen molar-refractivity contribution in [1.29, 1.82) is 0 Å². The number of benzene rings is 1. The highest BCUT2D eigenvalue weighted by Gasteiger charge is 2.28. The smallest absolute Gasteiger partial charge is 0.0443 e. The first-order valence-corrected chi connectivity index (χ1v) is 7.80. The van der Waals surface area contributed by atoms with Gasteiger partial charge in [0.05, 0.1) is 0 Å². The molecule has 1 atom stereocenters. The Balaban J connectivity index is 2.14. The van der Waals surface area contributed by atoms with Crippen molar-refractivity contribution in [3.8, 4) is 0 Å². The molecule has 2 heteroatoms. The summed E-state index contributed by atoms with van der Waals surface area (Å²) in [5.74, 6) is 1.03. The van der Waals surface area contributed by atoms with Gasteiger partial charge in [0.2, 0.25) is 0 Å². The summed E-state index contributed by atoms with van der Waals surface area (Å²) in [6.45, 7) is 7.56. The van der Waals surface area contributed by atoms with Gasteiger partial charge in [-0.15, -0.1) is 0 Å². The zero-order valence-electron chi connectivity index (χ0n) is 12.4. The van der Waals surface area contributed by atoms with Gasteiger partial charge in [-0.1, -0.05) is 44.5 Å². The minimum Gasteiger partial charge on any atom is -0.330 e. The molecule has 1 fully saturated rings. The maximum Gasteiger partial charge on any atom is 0.0443 e. The quantitative estimate of drug-likeness (QED) is 0.820. The van der Waals surface area contributed by atoms with Gasteiger partial charge in [-0.2, -0.15) is 0 Å². The fourth-order valence-corrected chi connectivity index (χ4v) is 3.37. The van der Waals surface area contributed by atoms with E-state index in [-0.39, 0.29) is 0 Å². The average Bonchev–Trinajstić information content (AvgIpc) is 2.38. The lowest BCUT2D eigenvalue weighted by Gasteiger charge is -2.35. The van der Waals surface area contributed by atoms with Crippen molar-refractivity contribution < 1.29 is 0 Å². The van der Waals surface area contributed by atoms with Crippen LogP contribution in [0.1, 0.15) is 69.4 Å². The minimum atomic E-state index is 0.386. The van der Waals surface area contributed by atoms with Crippen molar-refractivity contribution in [2.45, 2.75) is 58.3 Å². The number of rotatable bonds is 3.